The fourth-order valence-electron chi connectivity index (χ4n) is 3.81. The first kappa shape index (κ1) is 28.7. The summed E-state index contributed by atoms with van der Waals surface area (Å²) in [5.74, 6) is -2.42. The molecule has 1 aliphatic heterocycles. The Morgan fingerprint density at radius 3 is 2.24 bits per heavy atom. The molecule has 2 aromatic rings. The number of esters is 4. The molecule has 38 heavy (non-hydrogen) atoms. The van der Waals surface area contributed by atoms with E-state index in [1.807, 2.05) is 0 Å². The summed E-state index contributed by atoms with van der Waals surface area (Å²) in [6.45, 7) is 3.65. The van der Waals surface area contributed by atoms with Crippen molar-refractivity contribution in [2.75, 3.05) is 13.2 Å². The molecule has 15 heteroatoms. The van der Waals surface area contributed by atoms with Crippen molar-refractivity contribution < 1.29 is 57.1 Å². The summed E-state index contributed by atoms with van der Waals surface area (Å²) in [4.78, 5) is 47.0. The van der Waals surface area contributed by atoms with Gasteiger partial charge in [-0.05, 0) is 12.1 Å². The van der Waals surface area contributed by atoms with E-state index in [0.717, 1.165) is 20.8 Å². The SMILES string of the molecule is CC(=O)OC[C@H]1O[C@H](OCc2cn([C@@H](CO)c3ccco3)nn2)[C@@H](OC(C)=O)[C@@H](OC(C)=O)[C@@H]1OC(C)=O. The van der Waals surface area contributed by atoms with Crippen molar-refractivity contribution in [3.05, 3.63) is 36.0 Å². The van der Waals surface area contributed by atoms with Gasteiger partial charge in [-0.2, -0.15) is 0 Å². The number of carbonyl (C=O) groups excluding carboxylic acids is 4. The van der Waals surface area contributed by atoms with Crippen molar-refractivity contribution in [1.29, 1.82) is 0 Å². The Balaban J connectivity index is 1.85. The van der Waals surface area contributed by atoms with Crippen molar-refractivity contribution in [1.82, 2.24) is 15.0 Å². The second-order valence-electron chi connectivity index (χ2n) is 8.28. The minimum atomic E-state index is -1.36. The molecule has 0 bridgehead atoms. The molecular formula is C23H29N3O12. The van der Waals surface area contributed by atoms with Gasteiger partial charge in [0.1, 0.15) is 30.2 Å². The molecule has 0 radical (unpaired) electrons. The average molecular weight is 539 g/mol. The lowest BCUT2D eigenvalue weighted by molar-refractivity contribution is -0.310. The Hall–Kier alpha value is -3.82. The van der Waals surface area contributed by atoms with Crippen LogP contribution in [-0.2, 0) is 54.2 Å². The standard InChI is InChI=1S/C23H29N3O12/c1-12(28)33-11-19-20(35-13(2)29)21(36-14(3)30)22(37-15(4)31)23(38-19)34-10-16-8-26(25-24-16)17(9-27)18-6-5-7-32-18/h5-8,17,19-23,27H,9-11H2,1-4H3/t17-,19+,20+,21-,22-,23-/m0/s1. The van der Waals surface area contributed by atoms with E-state index in [9.17, 15) is 24.3 Å². The topological polar surface area (TPSA) is 188 Å². The van der Waals surface area contributed by atoms with Gasteiger partial charge in [-0.1, -0.05) is 5.21 Å². The summed E-state index contributed by atoms with van der Waals surface area (Å²) >= 11 is 0. The van der Waals surface area contributed by atoms with Gasteiger partial charge in [0.05, 0.1) is 25.7 Å². The Kier molecular flexibility index (Phi) is 9.92. The van der Waals surface area contributed by atoms with E-state index in [1.54, 1.807) is 12.1 Å². The van der Waals surface area contributed by atoms with Gasteiger partial charge < -0.3 is 37.9 Å². The molecule has 1 saturated heterocycles. The third kappa shape index (κ3) is 7.60. The van der Waals surface area contributed by atoms with E-state index in [0.29, 0.717) is 11.5 Å². The fraction of sp³-hybridized carbons (Fsp3) is 0.565. The van der Waals surface area contributed by atoms with Crippen molar-refractivity contribution in [2.45, 2.75) is 71.0 Å². The maximum absolute atomic E-state index is 11.9. The zero-order chi connectivity index (χ0) is 27.8. The molecule has 0 saturated carbocycles. The molecule has 0 aromatic carbocycles. The number of carbonyl (C=O) groups is 4. The van der Waals surface area contributed by atoms with E-state index in [-0.39, 0.29) is 19.8 Å². The monoisotopic (exact) mass is 539 g/mol. The minimum Gasteiger partial charge on any atom is -0.467 e. The first-order chi connectivity index (χ1) is 18.1. The average Bonchev–Trinajstić information content (AvgIpc) is 3.52. The van der Waals surface area contributed by atoms with Gasteiger partial charge in [-0.3, -0.25) is 19.2 Å². The molecular weight excluding hydrogens is 510 g/mol. The van der Waals surface area contributed by atoms with Gasteiger partial charge in [0.25, 0.3) is 0 Å². The van der Waals surface area contributed by atoms with Crippen LogP contribution in [0.25, 0.3) is 0 Å². The highest BCUT2D eigenvalue weighted by Crippen LogP contribution is 2.30. The highest BCUT2D eigenvalue weighted by molar-refractivity contribution is 5.68. The van der Waals surface area contributed by atoms with Crippen LogP contribution in [0.2, 0.25) is 0 Å². The molecule has 1 aliphatic rings. The number of aliphatic hydroxyl groups excluding tert-OH is 1. The Morgan fingerprint density at radius 1 is 1.00 bits per heavy atom. The second-order valence-corrected chi connectivity index (χ2v) is 8.28. The zero-order valence-electron chi connectivity index (χ0n) is 21.2. The number of aliphatic hydroxyl groups is 1. The third-order valence-electron chi connectivity index (χ3n) is 5.27. The lowest BCUT2D eigenvalue weighted by atomic mass is 9.98. The van der Waals surface area contributed by atoms with Crippen LogP contribution in [0.5, 0.6) is 0 Å². The van der Waals surface area contributed by atoms with Gasteiger partial charge in [0.2, 0.25) is 0 Å². The van der Waals surface area contributed by atoms with Crippen LogP contribution >= 0.6 is 0 Å². The molecule has 1 fully saturated rings. The van der Waals surface area contributed by atoms with Gasteiger partial charge in [0.15, 0.2) is 24.6 Å². The van der Waals surface area contributed by atoms with Gasteiger partial charge in [-0.25, -0.2) is 4.68 Å². The third-order valence-corrected chi connectivity index (χ3v) is 5.27. The normalized spacial score (nSPS) is 23.8. The molecule has 15 nitrogen and oxygen atoms in total. The van der Waals surface area contributed by atoms with E-state index >= 15 is 0 Å². The van der Waals surface area contributed by atoms with Crippen LogP contribution in [0.3, 0.4) is 0 Å². The van der Waals surface area contributed by atoms with Crippen LogP contribution < -0.4 is 0 Å². The number of ether oxygens (including phenoxy) is 6. The predicted molar refractivity (Wildman–Crippen MR) is 121 cm³/mol. The first-order valence-electron chi connectivity index (χ1n) is 11.6. The first-order valence-corrected chi connectivity index (χ1v) is 11.6. The van der Waals surface area contributed by atoms with E-state index in [1.165, 1.54) is 24.1 Å². The van der Waals surface area contributed by atoms with Crippen molar-refractivity contribution in [3.63, 3.8) is 0 Å². The molecule has 208 valence electrons. The Labute approximate surface area is 216 Å². The minimum absolute atomic E-state index is 0.218. The molecule has 2 aromatic heterocycles. The summed E-state index contributed by atoms with van der Waals surface area (Å²) < 4.78 is 39.5. The van der Waals surface area contributed by atoms with Gasteiger partial charge in [0, 0.05) is 27.7 Å². The highest BCUT2D eigenvalue weighted by atomic mass is 16.7. The Morgan fingerprint density at radius 2 is 1.66 bits per heavy atom. The summed E-state index contributed by atoms with van der Waals surface area (Å²) in [5.41, 5.74) is 0.308. The van der Waals surface area contributed by atoms with Crippen molar-refractivity contribution >= 4 is 23.9 Å². The lowest BCUT2D eigenvalue weighted by Crippen LogP contribution is -2.62. The summed E-state index contributed by atoms with van der Waals surface area (Å²) in [6, 6.07) is 2.72. The van der Waals surface area contributed by atoms with Gasteiger partial charge >= 0.3 is 23.9 Å². The predicted octanol–water partition coefficient (Wildman–Crippen LogP) is 0.0525. The Bertz CT molecular complexity index is 1100. The largest absolute Gasteiger partial charge is 0.467 e. The van der Waals surface area contributed by atoms with E-state index in [4.69, 9.17) is 32.8 Å². The zero-order valence-corrected chi connectivity index (χ0v) is 21.2. The lowest BCUT2D eigenvalue weighted by Gasteiger charge is -2.43. The summed E-state index contributed by atoms with van der Waals surface area (Å²) in [5, 5.41) is 17.8. The van der Waals surface area contributed by atoms with Crippen LogP contribution in [0.4, 0.5) is 0 Å². The molecule has 1 N–H and O–H groups in total. The van der Waals surface area contributed by atoms with E-state index in [2.05, 4.69) is 10.3 Å². The number of rotatable bonds is 11. The van der Waals surface area contributed by atoms with Crippen molar-refractivity contribution in [3.8, 4) is 0 Å². The fourth-order valence-corrected chi connectivity index (χ4v) is 3.81. The highest BCUT2D eigenvalue weighted by Gasteiger charge is 2.52. The molecule has 3 rings (SSSR count). The van der Waals surface area contributed by atoms with Gasteiger partial charge in [-0.15, -0.1) is 5.10 Å². The number of hydrogen-bond acceptors (Lipinski definition) is 14. The van der Waals surface area contributed by atoms with Crippen LogP contribution in [0, 0.1) is 0 Å². The number of aromatic nitrogens is 3. The molecule has 0 amide bonds. The second kappa shape index (κ2) is 13.1. The van der Waals surface area contributed by atoms with Crippen molar-refractivity contribution in [2.24, 2.45) is 0 Å². The van der Waals surface area contributed by atoms with Crippen LogP contribution in [0.15, 0.2) is 29.0 Å². The smallest absolute Gasteiger partial charge is 0.303 e. The quantitative estimate of drug-likeness (QED) is 0.298. The molecule has 0 spiro atoms. The maximum Gasteiger partial charge on any atom is 0.303 e. The molecule has 0 aliphatic carbocycles. The number of nitrogens with zero attached hydrogens (tertiary/aromatic N) is 3. The molecule has 6 atom stereocenters. The summed E-state index contributed by atoms with van der Waals surface area (Å²) in [7, 11) is 0. The van der Waals surface area contributed by atoms with E-state index < -0.39 is 60.6 Å². The molecule has 3 heterocycles. The number of furan rings is 1. The van der Waals surface area contributed by atoms with Crippen LogP contribution in [0.1, 0.15) is 45.2 Å². The molecule has 0 unspecified atom stereocenters. The summed E-state index contributed by atoms with van der Waals surface area (Å²) in [6.07, 6.45) is -3.54. The van der Waals surface area contributed by atoms with Crippen LogP contribution in [-0.4, -0.2) is 87.9 Å². The number of hydrogen-bond donors (Lipinski definition) is 1. The maximum atomic E-state index is 11.9.